The van der Waals surface area contributed by atoms with Gasteiger partial charge in [-0.1, -0.05) is 20.8 Å². The Morgan fingerprint density at radius 3 is 2.41 bits per heavy atom. The summed E-state index contributed by atoms with van der Waals surface area (Å²) in [4.78, 5) is 24.2. The van der Waals surface area contributed by atoms with Gasteiger partial charge in [-0.05, 0) is 5.92 Å². The van der Waals surface area contributed by atoms with E-state index in [0.29, 0.717) is 0 Å². The Morgan fingerprint density at radius 1 is 1.36 bits per heavy atom. The van der Waals surface area contributed by atoms with E-state index in [1.807, 2.05) is 13.8 Å². The Kier molecular flexibility index (Phi) is 6.01. The van der Waals surface area contributed by atoms with Gasteiger partial charge in [0.25, 0.3) is 12.3 Å². The fourth-order valence-electron chi connectivity index (χ4n) is 2.06. The first-order chi connectivity index (χ1) is 10.1. The lowest BCUT2D eigenvalue weighted by Crippen LogP contribution is -2.34. The maximum Gasteiger partial charge on any atom is 0.308 e. The smallest absolute Gasteiger partial charge is 0.308 e. The molecule has 0 saturated carbocycles. The zero-order chi connectivity index (χ0) is 17.0. The van der Waals surface area contributed by atoms with Gasteiger partial charge in [0.05, 0.1) is 17.7 Å². The fraction of sp³-hybridized carbons (Fsp3) is 0.643. The number of aromatic nitrogens is 2. The van der Waals surface area contributed by atoms with Crippen molar-refractivity contribution in [1.29, 1.82) is 0 Å². The number of carbonyl (C=O) groups excluding carboxylic acids is 1. The van der Waals surface area contributed by atoms with Crippen molar-refractivity contribution >= 4 is 11.9 Å². The number of amides is 1. The summed E-state index contributed by atoms with van der Waals surface area (Å²) < 4.78 is 27.7. The van der Waals surface area contributed by atoms with Crippen LogP contribution in [0.15, 0.2) is 6.20 Å². The molecular weight excluding hydrogens is 296 g/mol. The Labute approximate surface area is 127 Å². The summed E-state index contributed by atoms with van der Waals surface area (Å²) in [7, 11) is 1.39. The lowest BCUT2D eigenvalue weighted by atomic mass is 10.1. The van der Waals surface area contributed by atoms with Crippen molar-refractivity contribution in [1.82, 2.24) is 14.7 Å². The second-order valence-electron chi connectivity index (χ2n) is 5.75. The monoisotopic (exact) mass is 317 g/mol. The highest BCUT2D eigenvalue weighted by atomic mass is 19.3. The van der Waals surface area contributed by atoms with Gasteiger partial charge in [-0.2, -0.15) is 5.10 Å². The molecule has 1 aromatic heterocycles. The molecule has 0 aliphatic rings. The van der Waals surface area contributed by atoms with Crippen LogP contribution in [0.4, 0.5) is 8.78 Å². The summed E-state index contributed by atoms with van der Waals surface area (Å²) in [6, 6.07) is 0. The molecule has 22 heavy (non-hydrogen) atoms. The molecule has 1 unspecified atom stereocenters. The Morgan fingerprint density at radius 2 is 1.95 bits per heavy atom. The minimum absolute atomic E-state index is 0.0633. The van der Waals surface area contributed by atoms with Gasteiger partial charge in [0.15, 0.2) is 0 Å². The number of hydrogen-bond acceptors (Lipinski definition) is 3. The second kappa shape index (κ2) is 7.33. The van der Waals surface area contributed by atoms with E-state index in [0.717, 1.165) is 15.8 Å². The van der Waals surface area contributed by atoms with Crippen LogP contribution in [-0.4, -0.2) is 45.3 Å². The lowest BCUT2D eigenvalue weighted by molar-refractivity contribution is -0.141. The van der Waals surface area contributed by atoms with Crippen molar-refractivity contribution in [3.05, 3.63) is 17.5 Å². The molecule has 124 valence electrons. The second-order valence-corrected chi connectivity index (χ2v) is 5.75. The van der Waals surface area contributed by atoms with Gasteiger partial charge in [0.2, 0.25) is 0 Å². The number of alkyl halides is 2. The third-order valence-corrected chi connectivity index (χ3v) is 3.17. The molecule has 1 heterocycles. The van der Waals surface area contributed by atoms with Gasteiger partial charge >= 0.3 is 5.97 Å². The number of carboxylic acid groups (broad SMARTS) is 1. The Bertz CT molecular complexity index is 543. The van der Waals surface area contributed by atoms with Crippen molar-refractivity contribution in [2.45, 2.75) is 33.7 Å². The zero-order valence-electron chi connectivity index (χ0n) is 13.1. The molecule has 1 rings (SSSR count). The first-order valence-electron chi connectivity index (χ1n) is 6.97. The van der Waals surface area contributed by atoms with Crippen LogP contribution in [0, 0.1) is 11.8 Å². The number of nitrogens with zero attached hydrogens (tertiary/aromatic N) is 3. The number of carboxylic acids is 1. The van der Waals surface area contributed by atoms with Crippen LogP contribution < -0.4 is 0 Å². The maximum atomic E-state index is 13.3. The topological polar surface area (TPSA) is 75.4 Å². The van der Waals surface area contributed by atoms with E-state index >= 15 is 0 Å². The molecule has 0 fully saturated rings. The van der Waals surface area contributed by atoms with Crippen LogP contribution in [0.5, 0.6) is 0 Å². The normalized spacial score (nSPS) is 12.7. The summed E-state index contributed by atoms with van der Waals surface area (Å²) in [5.41, 5.74) is -0.607. The molecule has 1 N–H and O–H groups in total. The van der Waals surface area contributed by atoms with Crippen molar-refractivity contribution in [3.63, 3.8) is 0 Å². The van der Waals surface area contributed by atoms with Crippen molar-refractivity contribution in [3.8, 4) is 0 Å². The SMILES string of the molecule is CC(C)Cn1ncc(C(=O)N(C)CC(C)C(=O)O)c1C(F)F. The van der Waals surface area contributed by atoms with E-state index in [-0.39, 0.29) is 24.6 Å². The summed E-state index contributed by atoms with van der Waals surface area (Å²) >= 11 is 0. The van der Waals surface area contributed by atoms with Gasteiger partial charge in [0.1, 0.15) is 5.69 Å². The van der Waals surface area contributed by atoms with E-state index in [4.69, 9.17) is 5.11 Å². The molecular formula is C14H21F2N3O3. The van der Waals surface area contributed by atoms with Crippen LogP contribution in [0.2, 0.25) is 0 Å². The van der Waals surface area contributed by atoms with Crippen LogP contribution in [0.25, 0.3) is 0 Å². The van der Waals surface area contributed by atoms with Crippen molar-refractivity contribution < 1.29 is 23.5 Å². The summed E-state index contributed by atoms with van der Waals surface area (Å²) in [6.45, 7) is 5.38. The van der Waals surface area contributed by atoms with E-state index in [2.05, 4.69) is 5.10 Å². The number of hydrogen-bond donors (Lipinski definition) is 1. The van der Waals surface area contributed by atoms with Crippen LogP contribution in [-0.2, 0) is 11.3 Å². The first kappa shape index (κ1) is 18.1. The predicted octanol–water partition coefficient (Wildman–Crippen LogP) is 2.27. The molecule has 0 aliphatic carbocycles. The zero-order valence-corrected chi connectivity index (χ0v) is 13.1. The highest BCUT2D eigenvalue weighted by Crippen LogP contribution is 2.25. The minimum Gasteiger partial charge on any atom is -0.481 e. The third-order valence-electron chi connectivity index (χ3n) is 3.17. The van der Waals surface area contributed by atoms with Gasteiger partial charge in [-0.3, -0.25) is 14.3 Å². The molecule has 1 atom stereocenters. The molecule has 1 amide bonds. The minimum atomic E-state index is -2.83. The largest absolute Gasteiger partial charge is 0.481 e. The highest BCUT2D eigenvalue weighted by Gasteiger charge is 2.27. The van der Waals surface area contributed by atoms with Crippen LogP contribution >= 0.6 is 0 Å². The van der Waals surface area contributed by atoms with Crippen LogP contribution in [0.3, 0.4) is 0 Å². The standard InChI is InChI=1S/C14H21F2N3O3/c1-8(2)6-19-11(12(15)16)10(5-17-19)13(20)18(4)7-9(3)14(21)22/h5,8-9,12H,6-7H2,1-4H3,(H,21,22). The van der Waals surface area contributed by atoms with E-state index in [1.165, 1.54) is 14.0 Å². The molecule has 0 aliphatic heterocycles. The quantitative estimate of drug-likeness (QED) is 0.837. The summed E-state index contributed by atoms with van der Waals surface area (Å²) in [6.07, 6.45) is -1.71. The fourth-order valence-corrected chi connectivity index (χ4v) is 2.06. The van der Waals surface area contributed by atoms with Crippen molar-refractivity contribution in [2.24, 2.45) is 11.8 Å². The number of aliphatic carboxylic acids is 1. The maximum absolute atomic E-state index is 13.3. The third kappa shape index (κ3) is 4.25. The average Bonchev–Trinajstić information content (AvgIpc) is 2.80. The number of halogens is 2. The summed E-state index contributed by atoms with van der Waals surface area (Å²) in [5, 5.41) is 12.7. The molecule has 0 spiro atoms. The van der Waals surface area contributed by atoms with Crippen LogP contribution in [0.1, 0.15) is 43.2 Å². The molecule has 0 bridgehead atoms. The molecule has 8 heteroatoms. The van der Waals surface area contributed by atoms with E-state index in [1.54, 1.807) is 0 Å². The molecule has 6 nitrogen and oxygen atoms in total. The molecule has 0 radical (unpaired) electrons. The summed E-state index contributed by atoms with van der Waals surface area (Å²) in [5.74, 6) is -2.39. The van der Waals surface area contributed by atoms with Crippen molar-refractivity contribution in [2.75, 3.05) is 13.6 Å². The van der Waals surface area contributed by atoms with E-state index in [9.17, 15) is 18.4 Å². The highest BCUT2D eigenvalue weighted by molar-refractivity contribution is 5.95. The van der Waals surface area contributed by atoms with E-state index < -0.39 is 29.9 Å². The van der Waals surface area contributed by atoms with Gasteiger partial charge in [0, 0.05) is 20.1 Å². The first-order valence-corrected chi connectivity index (χ1v) is 6.97. The molecule has 1 aromatic rings. The number of rotatable bonds is 7. The Hall–Kier alpha value is -1.99. The van der Waals surface area contributed by atoms with Gasteiger partial charge in [-0.15, -0.1) is 0 Å². The number of carbonyl (C=O) groups is 2. The van der Waals surface area contributed by atoms with Gasteiger partial charge < -0.3 is 10.0 Å². The van der Waals surface area contributed by atoms with Gasteiger partial charge in [-0.25, -0.2) is 8.78 Å². The predicted molar refractivity (Wildman–Crippen MR) is 75.8 cm³/mol. The molecule has 0 saturated heterocycles. The molecule has 0 aromatic carbocycles. The lowest BCUT2D eigenvalue weighted by Gasteiger charge is -2.19. The Balaban J connectivity index is 3.02. The average molecular weight is 317 g/mol.